The predicted octanol–water partition coefficient (Wildman–Crippen LogP) is 4.58. The Hall–Kier alpha value is -3.40. The van der Waals surface area contributed by atoms with Gasteiger partial charge in [0.1, 0.15) is 0 Å². The molecule has 120 valence electrons. The Kier molecular flexibility index (Phi) is 4.01. The molecule has 0 aliphatic rings. The van der Waals surface area contributed by atoms with Crippen molar-refractivity contribution in [2.24, 2.45) is 0 Å². The first-order valence-corrected chi connectivity index (χ1v) is 8.06. The molecular weight excluding hydrogens is 308 g/mol. The van der Waals surface area contributed by atoms with Crippen LogP contribution in [0.5, 0.6) is 0 Å². The van der Waals surface area contributed by atoms with Gasteiger partial charge in [-0.15, -0.1) is 0 Å². The van der Waals surface area contributed by atoms with Gasteiger partial charge in [0.25, 0.3) is 0 Å². The molecule has 0 saturated heterocycles. The van der Waals surface area contributed by atoms with E-state index in [1.165, 1.54) is 0 Å². The molecular formula is C21H16N4. The molecule has 4 aromatic rings. The van der Waals surface area contributed by atoms with Gasteiger partial charge < -0.3 is 0 Å². The molecule has 4 nitrogen and oxygen atoms in total. The van der Waals surface area contributed by atoms with Crippen LogP contribution in [-0.2, 0) is 0 Å². The second kappa shape index (κ2) is 6.61. The molecule has 0 fully saturated rings. The Labute approximate surface area is 146 Å². The van der Waals surface area contributed by atoms with E-state index in [2.05, 4.69) is 32.9 Å². The third kappa shape index (κ3) is 3.15. The summed E-state index contributed by atoms with van der Waals surface area (Å²) in [5, 5.41) is 0. The molecule has 0 amide bonds. The smallest absolute Gasteiger partial charge is 0.0747 e. The van der Waals surface area contributed by atoms with E-state index in [-0.39, 0.29) is 0 Å². The highest BCUT2D eigenvalue weighted by molar-refractivity contribution is 5.69. The fourth-order valence-corrected chi connectivity index (χ4v) is 2.77. The topological polar surface area (TPSA) is 51.6 Å². The van der Waals surface area contributed by atoms with E-state index < -0.39 is 0 Å². The fourth-order valence-electron chi connectivity index (χ4n) is 2.77. The molecule has 0 spiro atoms. The summed E-state index contributed by atoms with van der Waals surface area (Å²) in [5.74, 6) is 0. The van der Waals surface area contributed by atoms with E-state index in [4.69, 9.17) is 0 Å². The van der Waals surface area contributed by atoms with E-state index in [0.29, 0.717) is 0 Å². The van der Waals surface area contributed by atoms with Crippen LogP contribution in [0.4, 0.5) is 0 Å². The van der Waals surface area contributed by atoms with Gasteiger partial charge >= 0.3 is 0 Å². The van der Waals surface area contributed by atoms with Crippen molar-refractivity contribution in [3.05, 3.63) is 85.1 Å². The summed E-state index contributed by atoms with van der Waals surface area (Å²) < 4.78 is 0. The van der Waals surface area contributed by atoms with Crippen LogP contribution in [0.3, 0.4) is 0 Å². The van der Waals surface area contributed by atoms with Gasteiger partial charge in [0, 0.05) is 47.7 Å². The first-order valence-electron chi connectivity index (χ1n) is 8.06. The number of aryl methyl sites for hydroxylation is 1. The highest BCUT2D eigenvalue weighted by Crippen LogP contribution is 2.26. The number of pyridine rings is 4. The molecule has 4 rings (SSSR count). The Morgan fingerprint density at radius 1 is 0.640 bits per heavy atom. The SMILES string of the molecule is Cc1cc(-c2ccc(-c3ccccn3)cn2)cnc1-c1cccnc1. The van der Waals surface area contributed by atoms with E-state index in [1.54, 1.807) is 12.4 Å². The molecule has 0 unspecified atom stereocenters. The lowest BCUT2D eigenvalue weighted by molar-refractivity contribution is 1.22. The average molecular weight is 324 g/mol. The van der Waals surface area contributed by atoms with E-state index in [1.807, 2.05) is 61.1 Å². The highest BCUT2D eigenvalue weighted by Gasteiger charge is 2.07. The van der Waals surface area contributed by atoms with Crippen LogP contribution >= 0.6 is 0 Å². The monoisotopic (exact) mass is 324 g/mol. The normalized spacial score (nSPS) is 10.6. The minimum atomic E-state index is 0.896. The maximum atomic E-state index is 4.61. The van der Waals surface area contributed by atoms with E-state index in [0.717, 1.165) is 39.3 Å². The van der Waals surface area contributed by atoms with Crippen LogP contribution < -0.4 is 0 Å². The van der Waals surface area contributed by atoms with Crippen molar-refractivity contribution >= 4 is 0 Å². The van der Waals surface area contributed by atoms with Gasteiger partial charge in [-0.05, 0) is 55.0 Å². The number of aromatic nitrogens is 4. The van der Waals surface area contributed by atoms with Crippen molar-refractivity contribution in [3.63, 3.8) is 0 Å². The van der Waals surface area contributed by atoms with Crippen LogP contribution in [0.15, 0.2) is 79.5 Å². The van der Waals surface area contributed by atoms with Crippen LogP contribution in [0, 0.1) is 6.92 Å². The Morgan fingerprint density at radius 3 is 2.20 bits per heavy atom. The standard InChI is InChI=1S/C21H16N4/c1-15-11-18(14-25-21(15)17-5-4-9-22-12-17)20-8-7-16(13-24-20)19-6-2-3-10-23-19/h2-14H,1H3. The van der Waals surface area contributed by atoms with Gasteiger partial charge in [0.15, 0.2) is 0 Å². The molecule has 0 radical (unpaired) electrons. The Bertz CT molecular complexity index is 981. The van der Waals surface area contributed by atoms with Crippen LogP contribution in [-0.4, -0.2) is 19.9 Å². The van der Waals surface area contributed by atoms with Gasteiger partial charge in [-0.1, -0.05) is 6.07 Å². The summed E-state index contributed by atoms with van der Waals surface area (Å²) in [6.45, 7) is 2.06. The summed E-state index contributed by atoms with van der Waals surface area (Å²) in [4.78, 5) is 17.7. The first kappa shape index (κ1) is 15.1. The quantitative estimate of drug-likeness (QED) is 0.553. The van der Waals surface area contributed by atoms with Gasteiger partial charge in [0.05, 0.1) is 17.1 Å². The van der Waals surface area contributed by atoms with Crippen molar-refractivity contribution in [2.45, 2.75) is 6.92 Å². The molecule has 0 atom stereocenters. The van der Waals surface area contributed by atoms with Gasteiger partial charge in [0.2, 0.25) is 0 Å². The molecule has 0 bridgehead atoms. The van der Waals surface area contributed by atoms with Crippen molar-refractivity contribution < 1.29 is 0 Å². The lowest BCUT2D eigenvalue weighted by Crippen LogP contribution is -1.92. The summed E-state index contributed by atoms with van der Waals surface area (Å²) >= 11 is 0. The third-order valence-electron chi connectivity index (χ3n) is 4.03. The number of hydrogen-bond acceptors (Lipinski definition) is 4. The molecule has 25 heavy (non-hydrogen) atoms. The van der Waals surface area contributed by atoms with Crippen LogP contribution in [0.1, 0.15) is 5.56 Å². The highest BCUT2D eigenvalue weighted by atomic mass is 14.7. The molecule has 0 aliphatic heterocycles. The van der Waals surface area contributed by atoms with Crippen molar-refractivity contribution in [3.8, 4) is 33.8 Å². The molecule has 4 aromatic heterocycles. The molecule has 0 aliphatic carbocycles. The van der Waals surface area contributed by atoms with Crippen molar-refractivity contribution in [1.29, 1.82) is 0 Å². The van der Waals surface area contributed by atoms with Crippen molar-refractivity contribution in [2.75, 3.05) is 0 Å². The maximum Gasteiger partial charge on any atom is 0.0747 e. The summed E-state index contributed by atoms with van der Waals surface area (Å²) in [6.07, 6.45) is 9.09. The predicted molar refractivity (Wildman–Crippen MR) is 98.7 cm³/mol. The van der Waals surface area contributed by atoms with Gasteiger partial charge in [-0.2, -0.15) is 0 Å². The lowest BCUT2D eigenvalue weighted by Gasteiger charge is -2.08. The molecule has 4 heterocycles. The average Bonchev–Trinajstić information content (AvgIpc) is 2.69. The zero-order valence-electron chi connectivity index (χ0n) is 13.8. The zero-order chi connectivity index (χ0) is 17.1. The first-order chi connectivity index (χ1) is 12.3. The van der Waals surface area contributed by atoms with Crippen LogP contribution in [0.2, 0.25) is 0 Å². The third-order valence-corrected chi connectivity index (χ3v) is 4.03. The molecule has 4 heteroatoms. The van der Waals surface area contributed by atoms with Crippen LogP contribution in [0.25, 0.3) is 33.8 Å². The summed E-state index contributed by atoms with van der Waals surface area (Å²) in [6, 6.07) is 15.9. The second-order valence-corrected chi connectivity index (χ2v) is 5.78. The minimum absolute atomic E-state index is 0.896. The maximum absolute atomic E-state index is 4.61. The summed E-state index contributed by atoms with van der Waals surface area (Å²) in [7, 11) is 0. The zero-order valence-corrected chi connectivity index (χ0v) is 13.8. The van der Waals surface area contributed by atoms with E-state index in [9.17, 15) is 0 Å². The van der Waals surface area contributed by atoms with Gasteiger partial charge in [-0.25, -0.2) is 0 Å². The molecule has 0 aromatic carbocycles. The van der Waals surface area contributed by atoms with Crippen molar-refractivity contribution in [1.82, 2.24) is 19.9 Å². The molecule has 0 N–H and O–H groups in total. The van der Waals surface area contributed by atoms with E-state index >= 15 is 0 Å². The Balaban J connectivity index is 1.65. The summed E-state index contributed by atoms with van der Waals surface area (Å²) in [5.41, 5.74) is 6.88. The lowest BCUT2D eigenvalue weighted by atomic mass is 10.0. The second-order valence-electron chi connectivity index (χ2n) is 5.78. The Morgan fingerprint density at radius 2 is 1.52 bits per heavy atom. The molecule has 0 saturated carbocycles. The number of nitrogens with zero attached hydrogens (tertiary/aromatic N) is 4. The van der Waals surface area contributed by atoms with Gasteiger partial charge in [-0.3, -0.25) is 19.9 Å². The number of rotatable bonds is 3. The number of hydrogen-bond donors (Lipinski definition) is 0. The fraction of sp³-hybridized carbons (Fsp3) is 0.0476. The largest absolute Gasteiger partial charge is 0.264 e. The minimum Gasteiger partial charge on any atom is -0.264 e.